The van der Waals surface area contributed by atoms with E-state index in [1.165, 1.54) is 11.8 Å². The molecule has 2 aliphatic rings. The number of nitrogens with one attached hydrogen (secondary N) is 1. The lowest BCUT2D eigenvalue weighted by atomic mass is 9.99. The molecule has 5 atom stereocenters. The summed E-state index contributed by atoms with van der Waals surface area (Å²) in [6, 6.07) is -0.543. The Kier molecular flexibility index (Phi) is 4.23. The van der Waals surface area contributed by atoms with Crippen LogP contribution < -0.4 is 5.32 Å². The van der Waals surface area contributed by atoms with Crippen molar-refractivity contribution in [3.05, 3.63) is 0 Å². The van der Waals surface area contributed by atoms with Crippen LogP contribution in [0.25, 0.3) is 0 Å². The Morgan fingerprint density at radius 1 is 1.29 bits per heavy atom. The average molecular weight is 264 g/mol. The minimum Gasteiger partial charge on any atom is -0.395 e. The van der Waals surface area contributed by atoms with Crippen LogP contribution in [0.3, 0.4) is 0 Å². The maximum absolute atomic E-state index is 9.85. The Balaban J connectivity index is 2.01. The van der Waals surface area contributed by atoms with Gasteiger partial charge < -0.3 is 30.5 Å². The highest BCUT2D eigenvalue weighted by Gasteiger charge is 2.47. The van der Waals surface area contributed by atoms with Gasteiger partial charge in [0.25, 0.3) is 0 Å². The summed E-state index contributed by atoms with van der Waals surface area (Å²) in [5.41, 5.74) is -0.410. The molecule has 0 spiro atoms. The average Bonchev–Trinajstić information content (AvgIpc) is 2.74. The lowest BCUT2D eigenvalue weighted by molar-refractivity contribution is -0.164. The molecule has 1 fully saturated rings. The molecule has 0 aliphatic carbocycles. The summed E-state index contributed by atoms with van der Waals surface area (Å²) in [7, 11) is 0. The van der Waals surface area contributed by atoms with Crippen molar-refractivity contribution >= 4 is 16.9 Å². The summed E-state index contributed by atoms with van der Waals surface area (Å²) in [6.07, 6.45) is -2.97. The molecule has 0 saturated carbocycles. The standard InChI is InChI=1S/C9H16N2O5S/c12-2-1-10-9-11-5-7(15)6(14)4(3-13)16-8(5)17-9/h4-8,12-15H,1-3H2,(H,10,11)/t4-,5-,6-,7-,8-/m1/s1. The van der Waals surface area contributed by atoms with E-state index in [9.17, 15) is 10.2 Å². The first-order chi connectivity index (χ1) is 8.17. The molecular weight excluding hydrogens is 248 g/mol. The number of aliphatic imine (C=N–C) groups is 1. The number of aliphatic hydroxyl groups excluding tert-OH is 4. The highest BCUT2D eigenvalue weighted by Crippen LogP contribution is 2.35. The molecule has 2 heterocycles. The number of hydrogen-bond donors (Lipinski definition) is 5. The van der Waals surface area contributed by atoms with Crippen LogP contribution in [0.5, 0.6) is 0 Å². The summed E-state index contributed by atoms with van der Waals surface area (Å²) in [4.78, 5) is 4.19. The Morgan fingerprint density at radius 3 is 2.71 bits per heavy atom. The minimum absolute atomic E-state index is 0.0137. The number of thioether (sulfide) groups is 1. The predicted octanol–water partition coefficient (Wildman–Crippen LogP) is -2.52. The van der Waals surface area contributed by atoms with Gasteiger partial charge in [-0.1, -0.05) is 11.8 Å². The first kappa shape index (κ1) is 13.1. The number of ether oxygens (including phenoxy) is 1. The van der Waals surface area contributed by atoms with Crippen LogP contribution in [-0.2, 0) is 4.74 Å². The number of nitrogens with zero attached hydrogens (tertiary/aromatic N) is 1. The molecule has 1 saturated heterocycles. The van der Waals surface area contributed by atoms with E-state index in [1.54, 1.807) is 0 Å². The van der Waals surface area contributed by atoms with Gasteiger partial charge >= 0.3 is 0 Å². The zero-order valence-electron chi connectivity index (χ0n) is 9.06. The van der Waals surface area contributed by atoms with Gasteiger partial charge in [-0.05, 0) is 0 Å². The lowest BCUT2D eigenvalue weighted by Gasteiger charge is -2.37. The van der Waals surface area contributed by atoms with Gasteiger partial charge in [0.15, 0.2) is 5.17 Å². The summed E-state index contributed by atoms with van der Waals surface area (Å²) >= 11 is 1.28. The topological polar surface area (TPSA) is 115 Å². The second-order valence-electron chi connectivity index (χ2n) is 3.90. The van der Waals surface area contributed by atoms with E-state index < -0.39 is 29.8 Å². The molecule has 2 aliphatic heterocycles. The number of fused-ring (bicyclic) bond motifs is 1. The Labute approximate surface area is 103 Å². The van der Waals surface area contributed by atoms with Gasteiger partial charge in [-0.3, -0.25) is 4.99 Å². The normalized spacial score (nSPS) is 40.9. The SMILES string of the molecule is OCCNC1=N[C@@H]2[C@@H](O)[C@H](O)[C@@H](CO)O[C@@H]2S1. The fraction of sp³-hybridized carbons (Fsp3) is 0.889. The molecule has 7 nitrogen and oxygen atoms in total. The van der Waals surface area contributed by atoms with Crippen LogP contribution in [0.2, 0.25) is 0 Å². The predicted molar refractivity (Wildman–Crippen MR) is 61.7 cm³/mol. The van der Waals surface area contributed by atoms with E-state index in [4.69, 9.17) is 14.9 Å². The maximum atomic E-state index is 9.85. The highest BCUT2D eigenvalue weighted by molar-refractivity contribution is 8.14. The van der Waals surface area contributed by atoms with Crippen molar-refractivity contribution in [2.75, 3.05) is 19.8 Å². The first-order valence-corrected chi connectivity index (χ1v) is 6.27. The second kappa shape index (κ2) is 5.51. The summed E-state index contributed by atoms with van der Waals surface area (Å²) in [6.45, 7) is 0.00890. The third kappa shape index (κ3) is 2.56. The quantitative estimate of drug-likeness (QED) is 0.382. The smallest absolute Gasteiger partial charge is 0.159 e. The van der Waals surface area contributed by atoms with Crippen LogP contribution in [0.1, 0.15) is 0 Å². The zero-order valence-corrected chi connectivity index (χ0v) is 9.88. The first-order valence-electron chi connectivity index (χ1n) is 5.39. The van der Waals surface area contributed by atoms with Gasteiger partial charge in [-0.15, -0.1) is 0 Å². The monoisotopic (exact) mass is 264 g/mol. The molecule has 0 unspecified atom stereocenters. The molecule has 0 amide bonds. The maximum Gasteiger partial charge on any atom is 0.159 e. The van der Waals surface area contributed by atoms with E-state index in [2.05, 4.69) is 10.3 Å². The summed E-state index contributed by atoms with van der Waals surface area (Å²) in [5, 5.41) is 40.7. The van der Waals surface area contributed by atoms with Crippen molar-refractivity contribution in [1.29, 1.82) is 0 Å². The molecular formula is C9H16N2O5S. The molecule has 0 aromatic carbocycles. The van der Waals surface area contributed by atoms with Gasteiger partial charge in [-0.2, -0.15) is 0 Å². The summed E-state index contributed by atoms with van der Waals surface area (Å²) < 4.78 is 5.44. The fourth-order valence-corrected chi connectivity index (χ4v) is 2.98. The van der Waals surface area contributed by atoms with Gasteiger partial charge in [0.2, 0.25) is 0 Å². The van der Waals surface area contributed by atoms with Gasteiger partial charge in [0, 0.05) is 6.54 Å². The molecule has 17 heavy (non-hydrogen) atoms. The number of amidine groups is 1. The van der Waals surface area contributed by atoms with Crippen molar-refractivity contribution in [2.24, 2.45) is 4.99 Å². The molecule has 0 aromatic rings. The number of aliphatic hydroxyl groups is 4. The van der Waals surface area contributed by atoms with E-state index in [0.29, 0.717) is 11.7 Å². The minimum atomic E-state index is -1.14. The van der Waals surface area contributed by atoms with Crippen molar-refractivity contribution in [2.45, 2.75) is 29.8 Å². The van der Waals surface area contributed by atoms with Crippen LogP contribution in [0.15, 0.2) is 4.99 Å². The molecule has 5 N–H and O–H groups in total. The third-order valence-corrected chi connectivity index (χ3v) is 3.83. The van der Waals surface area contributed by atoms with E-state index in [0.717, 1.165) is 0 Å². The van der Waals surface area contributed by atoms with Crippen molar-refractivity contribution in [1.82, 2.24) is 5.32 Å². The van der Waals surface area contributed by atoms with E-state index >= 15 is 0 Å². The molecule has 0 aromatic heterocycles. The van der Waals surface area contributed by atoms with Crippen molar-refractivity contribution in [3.8, 4) is 0 Å². The van der Waals surface area contributed by atoms with Crippen LogP contribution >= 0.6 is 11.8 Å². The Morgan fingerprint density at radius 2 is 2.06 bits per heavy atom. The van der Waals surface area contributed by atoms with Gasteiger partial charge in [0.1, 0.15) is 29.8 Å². The van der Waals surface area contributed by atoms with E-state index in [1.807, 2.05) is 0 Å². The Bertz CT molecular complexity index is 303. The lowest BCUT2D eigenvalue weighted by Crippen LogP contribution is -2.55. The summed E-state index contributed by atoms with van der Waals surface area (Å²) in [5.74, 6) is 0. The van der Waals surface area contributed by atoms with Gasteiger partial charge in [-0.25, -0.2) is 0 Å². The molecule has 2 rings (SSSR count). The zero-order chi connectivity index (χ0) is 12.4. The Hall–Kier alpha value is -0.380. The molecule has 0 bridgehead atoms. The largest absolute Gasteiger partial charge is 0.395 e. The van der Waals surface area contributed by atoms with Crippen LogP contribution in [0, 0.1) is 0 Å². The van der Waals surface area contributed by atoms with Crippen molar-refractivity contribution in [3.63, 3.8) is 0 Å². The fourth-order valence-electron chi connectivity index (χ4n) is 1.83. The highest BCUT2D eigenvalue weighted by atomic mass is 32.2. The van der Waals surface area contributed by atoms with E-state index in [-0.39, 0.29) is 13.2 Å². The third-order valence-electron chi connectivity index (χ3n) is 2.73. The molecule has 98 valence electrons. The number of hydrogen-bond acceptors (Lipinski definition) is 8. The second-order valence-corrected chi connectivity index (χ2v) is 4.99. The van der Waals surface area contributed by atoms with Crippen LogP contribution in [-0.4, -0.2) is 75.1 Å². The van der Waals surface area contributed by atoms with Crippen LogP contribution in [0.4, 0.5) is 0 Å². The molecule has 0 radical (unpaired) electrons. The number of rotatable bonds is 3. The van der Waals surface area contributed by atoms with Gasteiger partial charge in [0.05, 0.1) is 13.2 Å². The molecule has 8 heteroatoms. The van der Waals surface area contributed by atoms with Crippen molar-refractivity contribution < 1.29 is 25.2 Å².